The van der Waals surface area contributed by atoms with Gasteiger partial charge in [0.15, 0.2) is 0 Å². The summed E-state index contributed by atoms with van der Waals surface area (Å²) >= 11 is 0. The van der Waals surface area contributed by atoms with Gasteiger partial charge in [-0.25, -0.2) is 0 Å². The van der Waals surface area contributed by atoms with E-state index in [-0.39, 0.29) is 12.2 Å². The molecular weight excluding hydrogens is 204 g/mol. The molecule has 0 amide bonds. The zero-order valence-corrected chi connectivity index (χ0v) is 11.3. The van der Waals surface area contributed by atoms with E-state index in [2.05, 4.69) is 6.92 Å². The Kier molecular flexibility index (Phi) is 11.3. The Morgan fingerprint density at radius 2 is 1.69 bits per heavy atom. The summed E-state index contributed by atoms with van der Waals surface area (Å²) in [7, 11) is 1.70. The maximum absolute atomic E-state index is 5.57. The fourth-order valence-corrected chi connectivity index (χ4v) is 1.30. The van der Waals surface area contributed by atoms with Crippen molar-refractivity contribution in [2.24, 2.45) is 0 Å². The topological polar surface area (TPSA) is 27.7 Å². The van der Waals surface area contributed by atoms with Gasteiger partial charge >= 0.3 is 0 Å². The minimum absolute atomic E-state index is 0.156. The van der Waals surface area contributed by atoms with E-state index in [9.17, 15) is 0 Å². The first-order valence-electron chi connectivity index (χ1n) is 6.42. The van der Waals surface area contributed by atoms with Crippen molar-refractivity contribution in [3.05, 3.63) is 0 Å². The molecule has 3 heteroatoms. The summed E-state index contributed by atoms with van der Waals surface area (Å²) in [6, 6.07) is 0. The SMILES string of the molecule is CCCCCCOCC(C)OCC(C)OC. The van der Waals surface area contributed by atoms with Crippen molar-refractivity contribution in [2.45, 2.75) is 58.7 Å². The minimum atomic E-state index is 0.156. The highest BCUT2D eigenvalue weighted by Crippen LogP contribution is 2.01. The zero-order chi connectivity index (χ0) is 12.2. The molecule has 98 valence electrons. The summed E-state index contributed by atoms with van der Waals surface area (Å²) in [6.45, 7) is 8.42. The van der Waals surface area contributed by atoms with E-state index in [4.69, 9.17) is 14.2 Å². The maximum Gasteiger partial charge on any atom is 0.0781 e. The van der Waals surface area contributed by atoms with E-state index in [1.807, 2.05) is 13.8 Å². The molecule has 0 bridgehead atoms. The lowest BCUT2D eigenvalue weighted by Gasteiger charge is -2.16. The molecule has 2 atom stereocenters. The van der Waals surface area contributed by atoms with Crippen molar-refractivity contribution < 1.29 is 14.2 Å². The lowest BCUT2D eigenvalue weighted by molar-refractivity contribution is -0.0466. The van der Waals surface area contributed by atoms with Crippen molar-refractivity contribution in [3.8, 4) is 0 Å². The Balaban J connectivity index is 3.20. The van der Waals surface area contributed by atoms with Crippen molar-refractivity contribution in [1.82, 2.24) is 0 Å². The van der Waals surface area contributed by atoms with Crippen LogP contribution in [0.4, 0.5) is 0 Å². The third kappa shape index (κ3) is 10.4. The van der Waals surface area contributed by atoms with E-state index in [0.717, 1.165) is 13.0 Å². The number of unbranched alkanes of at least 4 members (excludes halogenated alkanes) is 3. The Morgan fingerprint density at radius 3 is 2.31 bits per heavy atom. The molecule has 3 nitrogen and oxygen atoms in total. The van der Waals surface area contributed by atoms with E-state index in [0.29, 0.717) is 13.2 Å². The number of ether oxygens (including phenoxy) is 3. The van der Waals surface area contributed by atoms with Crippen molar-refractivity contribution in [1.29, 1.82) is 0 Å². The van der Waals surface area contributed by atoms with Gasteiger partial charge in [-0.2, -0.15) is 0 Å². The molecule has 0 rings (SSSR count). The summed E-state index contributed by atoms with van der Waals surface area (Å²) < 4.78 is 16.2. The average molecular weight is 232 g/mol. The Bertz CT molecular complexity index is 139. The monoisotopic (exact) mass is 232 g/mol. The molecule has 0 radical (unpaired) electrons. The standard InChI is InChI=1S/C13H28O3/c1-5-6-7-8-9-15-10-13(3)16-11-12(2)14-4/h12-13H,5-11H2,1-4H3. The highest BCUT2D eigenvalue weighted by Gasteiger charge is 2.05. The molecule has 0 aliphatic heterocycles. The first kappa shape index (κ1) is 15.9. The summed E-state index contributed by atoms with van der Waals surface area (Å²) in [5.74, 6) is 0. The molecule has 0 N–H and O–H groups in total. The van der Waals surface area contributed by atoms with Crippen LogP contribution in [0.25, 0.3) is 0 Å². The molecule has 16 heavy (non-hydrogen) atoms. The molecule has 2 unspecified atom stereocenters. The van der Waals surface area contributed by atoms with Crippen molar-refractivity contribution >= 4 is 0 Å². The molecule has 0 aromatic rings. The van der Waals surface area contributed by atoms with E-state index < -0.39 is 0 Å². The molecule has 0 saturated heterocycles. The van der Waals surface area contributed by atoms with E-state index in [1.54, 1.807) is 7.11 Å². The van der Waals surface area contributed by atoms with Crippen LogP contribution in [0, 0.1) is 0 Å². The van der Waals surface area contributed by atoms with Crippen LogP contribution in [0.2, 0.25) is 0 Å². The first-order chi connectivity index (χ1) is 7.70. The van der Waals surface area contributed by atoms with E-state index >= 15 is 0 Å². The lowest BCUT2D eigenvalue weighted by Crippen LogP contribution is -2.22. The summed E-state index contributed by atoms with van der Waals surface area (Å²) in [5, 5.41) is 0. The van der Waals surface area contributed by atoms with Crippen LogP contribution in [0.3, 0.4) is 0 Å². The number of methoxy groups -OCH3 is 1. The molecule has 0 spiro atoms. The average Bonchev–Trinajstić information content (AvgIpc) is 2.30. The molecular formula is C13H28O3. The molecule has 0 aliphatic rings. The van der Waals surface area contributed by atoms with Gasteiger partial charge in [0.25, 0.3) is 0 Å². The predicted molar refractivity (Wildman–Crippen MR) is 66.8 cm³/mol. The number of hydrogen-bond acceptors (Lipinski definition) is 3. The zero-order valence-electron chi connectivity index (χ0n) is 11.3. The minimum Gasteiger partial charge on any atom is -0.379 e. The van der Waals surface area contributed by atoms with E-state index in [1.165, 1.54) is 19.3 Å². The van der Waals surface area contributed by atoms with Crippen molar-refractivity contribution in [3.63, 3.8) is 0 Å². The van der Waals surface area contributed by atoms with Crippen LogP contribution in [-0.4, -0.2) is 39.1 Å². The van der Waals surface area contributed by atoms with Gasteiger partial charge in [-0.3, -0.25) is 0 Å². The van der Waals surface area contributed by atoms with Gasteiger partial charge in [-0.15, -0.1) is 0 Å². The molecule has 0 saturated carbocycles. The summed E-state index contributed by atoms with van der Waals surface area (Å²) in [5.41, 5.74) is 0. The van der Waals surface area contributed by atoms with Crippen LogP contribution < -0.4 is 0 Å². The smallest absolute Gasteiger partial charge is 0.0781 e. The molecule has 0 heterocycles. The Labute approximate surface area is 100 Å². The second-order valence-electron chi connectivity index (χ2n) is 4.33. The normalized spacial score (nSPS) is 15.0. The predicted octanol–water partition coefficient (Wildman–Crippen LogP) is 3.02. The molecule has 0 aromatic carbocycles. The molecule has 0 fully saturated rings. The summed E-state index contributed by atoms with van der Waals surface area (Å²) in [4.78, 5) is 0. The Hall–Kier alpha value is -0.120. The maximum atomic E-state index is 5.57. The summed E-state index contributed by atoms with van der Waals surface area (Å²) in [6.07, 6.45) is 5.33. The molecule has 0 aromatic heterocycles. The number of hydrogen-bond donors (Lipinski definition) is 0. The third-order valence-electron chi connectivity index (χ3n) is 2.51. The number of rotatable bonds is 11. The highest BCUT2D eigenvalue weighted by atomic mass is 16.6. The van der Waals surface area contributed by atoms with Crippen LogP contribution in [0.15, 0.2) is 0 Å². The third-order valence-corrected chi connectivity index (χ3v) is 2.51. The van der Waals surface area contributed by atoms with Gasteiger partial charge in [-0.1, -0.05) is 26.2 Å². The second kappa shape index (κ2) is 11.4. The fourth-order valence-electron chi connectivity index (χ4n) is 1.30. The van der Waals surface area contributed by atoms with Gasteiger partial charge in [0, 0.05) is 13.7 Å². The van der Waals surface area contributed by atoms with Gasteiger partial charge in [0.05, 0.1) is 25.4 Å². The molecule has 0 aliphatic carbocycles. The fraction of sp³-hybridized carbons (Fsp3) is 1.00. The first-order valence-corrected chi connectivity index (χ1v) is 6.42. The highest BCUT2D eigenvalue weighted by molar-refractivity contribution is 4.51. The largest absolute Gasteiger partial charge is 0.379 e. The second-order valence-corrected chi connectivity index (χ2v) is 4.33. The van der Waals surface area contributed by atoms with Gasteiger partial charge in [0.1, 0.15) is 0 Å². The van der Waals surface area contributed by atoms with Crippen LogP contribution in [-0.2, 0) is 14.2 Å². The quantitative estimate of drug-likeness (QED) is 0.512. The van der Waals surface area contributed by atoms with Gasteiger partial charge in [-0.05, 0) is 20.3 Å². The lowest BCUT2D eigenvalue weighted by atomic mass is 10.2. The Morgan fingerprint density at radius 1 is 0.938 bits per heavy atom. The van der Waals surface area contributed by atoms with Gasteiger partial charge < -0.3 is 14.2 Å². The van der Waals surface area contributed by atoms with Crippen LogP contribution >= 0.6 is 0 Å². The van der Waals surface area contributed by atoms with Gasteiger partial charge in [0.2, 0.25) is 0 Å². The van der Waals surface area contributed by atoms with Crippen LogP contribution in [0.1, 0.15) is 46.5 Å². The van der Waals surface area contributed by atoms with Crippen LogP contribution in [0.5, 0.6) is 0 Å². The van der Waals surface area contributed by atoms with Crippen molar-refractivity contribution in [2.75, 3.05) is 26.9 Å².